The van der Waals surface area contributed by atoms with Crippen molar-refractivity contribution in [3.05, 3.63) is 94.8 Å². The second-order valence-electron chi connectivity index (χ2n) is 9.62. The van der Waals surface area contributed by atoms with E-state index in [1.54, 1.807) is 23.7 Å². The SMILES string of the molecule is Cc1cc(CN2CCC2)ccc1C(=O)Nc1ccc(-c2nnc(COc3cccc(C(F)(F)F)c3)n2C)cc1. The third-order valence-corrected chi connectivity index (χ3v) is 6.79. The molecular formula is C29H28F3N5O2. The first-order valence-electron chi connectivity index (χ1n) is 12.6. The molecule has 1 aliphatic rings. The Labute approximate surface area is 224 Å². The number of alkyl halides is 3. The number of nitrogens with zero attached hydrogens (tertiary/aromatic N) is 4. The van der Waals surface area contributed by atoms with E-state index < -0.39 is 11.7 Å². The molecule has 7 nitrogen and oxygen atoms in total. The Bertz CT molecular complexity index is 1480. The predicted octanol–water partition coefficient (Wildman–Crippen LogP) is 5.85. The van der Waals surface area contributed by atoms with Gasteiger partial charge in [-0.2, -0.15) is 13.2 Å². The molecule has 0 atom stereocenters. The first-order valence-corrected chi connectivity index (χ1v) is 12.6. The summed E-state index contributed by atoms with van der Waals surface area (Å²) in [4.78, 5) is 15.3. The summed E-state index contributed by atoms with van der Waals surface area (Å²) >= 11 is 0. The zero-order chi connectivity index (χ0) is 27.6. The average Bonchev–Trinajstić information content (AvgIpc) is 3.25. The number of likely N-dealkylation sites (tertiary alicyclic amines) is 1. The van der Waals surface area contributed by atoms with Crippen LogP contribution in [-0.2, 0) is 26.4 Å². The molecule has 0 aliphatic carbocycles. The molecule has 1 saturated heterocycles. The zero-order valence-electron chi connectivity index (χ0n) is 21.6. The molecule has 0 unspecified atom stereocenters. The second-order valence-corrected chi connectivity index (χ2v) is 9.62. The summed E-state index contributed by atoms with van der Waals surface area (Å²) < 4.78 is 46.1. The van der Waals surface area contributed by atoms with Crippen LogP contribution < -0.4 is 10.1 Å². The van der Waals surface area contributed by atoms with E-state index in [1.165, 1.54) is 24.1 Å². The lowest BCUT2D eigenvalue weighted by Gasteiger charge is -2.30. The van der Waals surface area contributed by atoms with Crippen LogP contribution in [0.2, 0.25) is 0 Å². The minimum absolute atomic E-state index is 0.0465. The van der Waals surface area contributed by atoms with Gasteiger partial charge in [-0.3, -0.25) is 9.69 Å². The van der Waals surface area contributed by atoms with Crippen LogP contribution in [0.25, 0.3) is 11.4 Å². The van der Waals surface area contributed by atoms with Crippen LogP contribution >= 0.6 is 0 Å². The molecule has 202 valence electrons. The molecular weight excluding hydrogens is 507 g/mol. The summed E-state index contributed by atoms with van der Waals surface area (Å²) in [5.41, 5.74) is 3.39. The Balaban J connectivity index is 1.21. The number of carbonyl (C=O) groups is 1. The lowest BCUT2D eigenvalue weighted by atomic mass is 10.0. The maximum absolute atomic E-state index is 12.9. The molecule has 0 radical (unpaired) electrons. The summed E-state index contributed by atoms with van der Waals surface area (Å²) in [7, 11) is 1.75. The molecule has 10 heteroatoms. The maximum Gasteiger partial charge on any atom is 0.416 e. The van der Waals surface area contributed by atoms with Gasteiger partial charge in [-0.05, 0) is 86.1 Å². The van der Waals surface area contributed by atoms with Crippen molar-refractivity contribution in [1.29, 1.82) is 0 Å². The van der Waals surface area contributed by atoms with Crippen molar-refractivity contribution in [1.82, 2.24) is 19.7 Å². The van der Waals surface area contributed by atoms with Crippen LogP contribution in [0, 0.1) is 6.92 Å². The fraction of sp³-hybridized carbons (Fsp3) is 0.276. The van der Waals surface area contributed by atoms with Gasteiger partial charge in [0.05, 0.1) is 5.56 Å². The molecule has 2 heterocycles. The van der Waals surface area contributed by atoms with Gasteiger partial charge in [0.15, 0.2) is 11.6 Å². The van der Waals surface area contributed by atoms with E-state index in [0.717, 1.165) is 42.9 Å². The number of amides is 1. The summed E-state index contributed by atoms with van der Waals surface area (Å²) in [5, 5.41) is 11.3. The molecule has 5 rings (SSSR count). The van der Waals surface area contributed by atoms with Gasteiger partial charge in [-0.15, -0.1) is 10.2 Å². The standard InChI is InChI=1S/C29H28F3N5O2/c1-19-15-20(17-37-13-4-14-37)7-12-25(19)28(38)33-23-10-8-21(9-11-23)27-35-34-26(36(27)2)18-39-24-6-3-5-22(16-24)29(30,31)32/h3,5-12,15-16H,4,13-14,17-18H2,1-2H3,(H,33,38). The number of nitrogens with one attached hydrogen (secondary N) is 1. The van der Waals surface area contributed by atoms with Crippen LogP contribution in [0.15, 0.2) is 66.7 Å². The quantitative estimate of drug-likeness (QED) is 0.307. The Hall–Kier alpha value is -4.18. The first-order chi connectivity index (χ1) is 18.7. The third-order valence-electron chi connectivity index (χ3n) is 6.79. The highest BCUT2D eigenvalue weighted by molar-refractivity contribution is 6.05. The lowest BCUT2D eigenvalue weighted by Crippen LogP contribution is -2.36. The highest BCUT2D eigenvalue weighted by atomic mass is 19.4. The normalized spacial score (nSPS) is 13.7. The molecule has 4 aromatic rings. The van der Waals surface area contributed by atoms with Crippen molar-refractivity contribution in [3.8, 4) is 17.1 Å². The minimum Gasteiger partial charge on any atom is -0.486 e. The highest BCUT2D eigenvalue weighted by Crippen LogP contribution is 2.31. The molecule has 1 aliphatic heterocycles. The van der Waals surface area contributed by atoms with Gasteiger partial charge < -0.3 is 14.6 Å². The average molecular weight is 536 g/mol. The number of halogens is 3. The van der Waals surface area contributed by atoms with E-state index in [9.17, 15) is 18.0 Å². The maximum atomic E-state index is 12.9. The number of ether oxygens (including phenoxy) is 1. The van der Waals surface area contributed by atoms with Gasteiger partial charge in [-0.25, -0.2) is 0 Å². The fourth-order valence-corrected chi connectivity index (χ4v) is 4.43. The molecule has 1 aromatic heterocycles. The number of hydrogen-bond donors (Lipinski definition) is 1. The van der Waals surface area contributed by atoms with Crippen molar-refractivity contribution in [2.24, 2.45) is 7.05 Å². The number of aryl methyl sites for hydroxylation is 1. The smallest absolute Gasteiger partial charge is 0.416 e. The zero-order valence-corrected chi connectivity index (χ0v) is 21.6. The van der Waals surface area contributed by atoms with Crippen LogP contribution in [0.4, 0.5) is 18.9 Å². The number of benzene rings is 3. The van der Waals surface area contributed by atoms with Gasteiger partial charge in [0.25, 0.3) is 5.91 Å². The summed E-state index contributed by atoms with van der Waals surface area (Å²) in [6.45, 7) is 5.06. The Morgan fingerprint density at radius 3 is 2.46 bits per heavy atom. The Kier molecular flexibility index (Phi) is 7.38. The van der Waals surface area contributed by atoms with Gasteiger partial charge in [-0.1, -0.05) is 18.2 Å². The molecule has 39 heavy (non-hydrogen) atoms. The molecule has 0 bridgehead atoms. The number of aromatic nitrogens is 3. The van der Waals surface area contributed by atoms with Crippen LogP contribution in [0.5, 0.6) is 5.75 Å². The van der Waals surface area contributed by atoms with Gasteiger partial charge in [0.1, 0.15) is 12.4 Å². The highest BCUT2D eigenvalue weighted by Gasteiger charge is 2.30. The van der Waals surface area contributed by atoms with Gasteiger partial charge in [0, 0.05) is 30.4 Å². The fourth-order valence-electron chi connectivity index (χ4n) is 4.43. The van der Waals surface area contributed by atoms with Crippen molar-refractivity contribution in [2.45, 2.75) is 32.7 Å². The predicted molar refractivity (Wildman–Crippen MR) is 141 cm³/mol. The van der Waals surface area contributed by atoms with E-state index in [1.807, 2.05) is 31.2 Å². The van der Waals surface area contributed by atoms with Gasteiger partial charge in [0.2, 0.25) is 0 Å². The topological polar surface area (TPSA) is 72.3 Å². The summed E-state index contributed by atoms with van der Waals surface area (Å²) in [6.07, 6.45) is -3.20. The van der Waals surface area contributed by atoms with Crippen LogP contribution in [-0.4, -0.2) is 38.7 Å². The van der Waals surface area contributed by atoms with Crippen LogP contribution in [0.1, 0.15) is 39.3 Å². The van der Waals surface area contributed by atoms with Crippen molar-refractivity contribution in [3.63, 3.8) is 0 Å². The largest absolute Gasteiger partial charge is 0.486 e. The third kappa shape index (κ3) is 6.12. The van der Waals surface area contributed by atoms with Gasteiger partial charge >= 0.3 is 6.18 Å². The molecule has 1 fully saturated rings. The van der Waals surface area contributed by atoms with Crippen molar-refractivity contribution >= 4 is 11.6 Å². The Morgan fingerprint density at radius 2 is 1.79 bits per heavy atom. The monoisotopic (exact) mass is 535 g/mol. The van der Waals surface area contributed by atoms with E-state index >= 15 is 0 Å². The molecule has 1 N–H and O–H groups in total. The summed E-state index contributed by atoms with van der Waals surface area (Å²) in [6, 6.07) is 17.9. The van der Waals surface area contributed by atoms with E-state index in [-0.39, 0.29) is 18.3 Å². The molecule has 0 saturated carbocycles. The van der Waals surface area contributed by atoms with Crippen molar-refractivity contribution < 1.29 is 22.7 Å². The molecule has 1 amide bonds. The van der Waals surface area contributed by atoms with Crippen molar-refractivity contribution in [2.75, 3.05) is 18.4 Å². The number of carbonyl (C=O) groups excluding carboxylic acids is 1. The lowest BCUT2D eigenvalue weighted by molar-refractivity contribution is -0.137. The van der Waals surface area contributed by atoms with E-state index in [2.05, 4.69) is 26.5 Å². The number of hydrogen-bond acceptors (Lipinski definition) is 5. The molecule has 0 spiro atoms. The number of rotatable bonds is 8. The summed E-state index contributed by atoms with van der Waals surface area (Å²) in [5.74, 6) is 0.927. The first kappa shape index (κ1) is 26.4. The minimum atomic E-state index is -4.44. The van der Waals surface area contributed by atoms with E-state index in [4.69, 9.17) is 4.74 Å². The molecule has 3 aromatic carbocycles. The second kappa shape index (κ2) is 10.9. The Morgan fingerprint density at radius 1 is 1.03 bits per heavy atom. The number of anilines is 1. The van der Waals surface area contributed by atoms with Crippen LogP contribution in [0.3, 0.4) is 0 Å². The van der Waals surface area contributed by atoms with E-state index in [0.29, 0.717) is 22.9 Å².